The number of carbonyl (C=O) groups is 1. The third kappa shape index (κ3) is 2.69. The molecule has 2 rings (SSSR count). The van der Waals surface area contributed by atoms with Crippen molar-refractivity contribution in [2.75, 3.05) is 7.11 Å². The van der Waals surface area contributed by atoms with Crippen LogP contribution in [0.1, 0.15) is 10.4 Å². The lowest BCUT2D eigenvalue weighted by Crippen LogP contribution is -1.96. The Balaban J connectivity index is 2.47. The van der Waals surface area contributed by atoms with Crippen molar-refractivity contribution in [2.24, 2.45) is 0 Å². The summed E-state index contributed by atoms with van der Waals surface area (Å²) in [5.41, 5.74) is 1.20. The quantitative estimate of drug-likeness (QED) is 0.929. The van der Waals surface area contributed by atoms with Crippen molar-refractivity contribution in [1.82, 2.24) is 0 Å². The number of hydrogen-bond acceptors (Lipinski definition) is 2. The number of methoxy groups -OCH3 is 1. The molecule has 98 valence electrons. The monoisotopic (exact) mass is 280 g/mol. The van der Waals surface area contributed by atoms with Gasteiger partial charge in [0, 0.05) is 10.6 Å². The van der Waals surface area contributed by atoms with E-state index in [1.165, 1.54) is 31.4 Å². The molecule has 0 aromatic heterocycles. The van der Waals surface area contributed by atoms with Crippen LogP contribution in [0.3, 0.4) is 0 Å². The molecule has 0 amide bonds. The van der Waals surface area contributed by atoms with Gasteiger partial charge in [0.2, 0.25) is 0 Å². The molecular formula is C14H10ClFO3. The van der Waals surface area contributed by atoms with E-state index in [2.05, 4.69) is 0 Å². The summed E-state index contributed by atoms with van der Waals surface area (Å²) in [6, 6.07) is 8.75. The van der Waals surface area contributed by atoms with E-state index in [4.69, 9.17) is 21.4 Å². The first-order chi connectivity index (χ1) is 9.02. The molecule has 1 N–H and O–H groups in total. The van der Waals surface area contributed by atoms with Crippen molar-refractivity contribution in [3.8, 4) is 16.9 Å². The van der Waals surface area contributed by atoms with Crippen LogP contribution in [0.5, 0.6) is 5.75 Å². The molecule has 0 saturated heterocycles. The molecule has 0 saturated carbocycles. The number of aromatic carboxylic acids is 1. The first-order valence-corrected chi connectivity index (χ1v) is 5.77. The fourth-order valence-electron chi connectivity index (χ4n) is 1.72. The average Bonchev–Trinajstić information content (AvgIpc) is 2.38. The minimum atomic E-state index is -1.06. The zero-order chi connectivity index (χ0) is 14.0. The first kappa shape index (κ1) is 13.4. The molecule has 0 aliphatic heterocycles. The van der Waals surface area contributed by atoms with Crippen LogP contribution in [0.15, 0.2) is 36.4 Å². The largest absolute Gasteiger partial charge is 0.494 e. The predicted octanol–water partition coefficient (Wildman–Crippen LogP) is 3.85. The van der Waals surface area contributed by atoms with E-state index in [0.29, 0.717) is 11.1 Å². The molecule has 0 bridgehead atoms. The molecule has 2 aromatic carbocycles. The molecular weight excluding hydrogens is 271 g/mol. The maximum atomic E-state index is 13.6. The Kier molecular flexibility index (Phi) is 3.71. The van der Waals surface area contributed by atoms with Crippen LogP contribution in [0.4, 0.5) is 4.39 Å². The van der Waals surface area contributed by atoms with E-state index in [1.807, 2.05) is 0 Å². The highest BCUT2D eigenvalue weighted by molar-refractivity contribution is 6.33. The van der Waals surface area contributed by atoms with Gasteiger partial charge in [-0.05, 0) is 29.8 Å². The molecule has 0 unspecified atom stereocenters. The Labute approximate surface area is 114 Å². The SMILES string of the molecule is COc1ccc(-c2ccc(C(=O)O)cc2Cl)cc1F. The van der Waals surface area contributed by atoms with Crippen molar-refractivity contribution in [3.05, 3.63) is 52.8 Å². The lowest BCUT2D eigenvalue weighted by Gasteiger charge is -2.08. The van der Waals surface area contributed by atoms with Gasteiger partial charge in [0.15, 0.2) is 11.6 Å². The minimum Gasteiger partial charge on any atom is -0.494 e. The van der Waals surface area contributed by atoms with E-state index in [9.17, 15) is 9.18 Å². The number of rotatable bonds is 3. The Bertz CT molecular complexity index is 641. The van der Waals surface area contributed by atoms with E-state index in [1.54, 1.807) is 12.1 Å². The summed E-state index contributed by atoms with van der Waals surface area (Å²) in [6.07, 6.45) is 0. The summed E-state index contributed by atoms with van der Waals surface area (Å²) >= 11 is 6.02. The molecule has 0 radical (unpaired) electrons. The number of halogens is 2. The van der Waals surface area contributed by atoms with Gasteiger partial charge in [-0.25, -0.2) is 9.18 Å². The van der Waals surface area contributed by atoms with Crippen LogP contribution >= 0.6 is 11.6 Å². The zero-order valence-corrected chi connectivity index (χ0v) is 10.7. The summed E-state index contributed by atoms with van der Waals surface area (Å²) in [7, 11) is 1.38. The molecule has 19 heavy (non-hydrogen) atoms. The fraction of sp³-hybridized carbons (Fsp3) is 0.0714. The van der Waals surface area contributed by atoms with Gasteiger partial charge >= 0.3 is 5.97 Å². The highest BCUT2D eigenvalue weighted by Gasteiger charge is 2.11. The number of ether oxygens (including phenoxy) is 1. The van der Waals surface area contributed by atoms with E-state index in [0.717, 1.165) is 0 Å². The second kappa shape index (κ2) is 5.28. The summed E-state index contributed by atoms with van der Waals surface area (Å²) in [4.78, 5) is 10.8. The van der Waals surface area contributed by atoms with E-state index < -0.39 is 11.8 Å². The topological polar surface area (TPSA) is 46.5 Å². The van der Waals surface area contributed by atoms with Crippen molar-refractivity contribution in [3.63, 3.8) is 0 Å². The predicted molar refractivity (Wildman–Crippen MR) is 70.4 cm³/mol. The Morgan fingerprint density at radius 3 is 2.53 bits per heavy atom. The molecule has 0 spiro atoms. The maximum absolute atomic E-state index is 13.6. The molecule has 0 heterocycles. The molecule has 0 aliphatic rings. The zero-order valence-electron chi connectivity index (χ0n) is 9.98. The normalized spacial score (nSPS) is 10.3. The number of carboxylic acid groups (broad SMARTS) is 1. The first-order valence-electron chi connectivity index (χ1n) is 5.39. The number of carboxylic acids is 1. The smallest absolute Gasteiger partial charge is 0.335 e. The molecule has 2 aromatic rings. The highest BCUT2D eigenvalue weighted by atomic mass is 35.5. The average molecular weight is 281 g/mol. The summed E-state index contributed by atoms with van der Waals surface area (Å²) in [5, 5.41) is 9.10. The van der Waals surface area contributed by atoms with Crippen molar-refractivity contribution in [1.29, 1.82) is 0 Å². The summed E-state index contributed by atoms with van der Waals surface area (Å²) in [5.74, 6) is -1.42. The standard InChI is InChI=1S/C14H10ClFO3/c1-19-13-5-3-8(7-12(13)16)10-4-2-9(14(17)18)6-11(10)15/h2-7H,1H3,(H,17,18). The number of hydrogen-bond donors (Lipinski definition) is 1. The van der Waals surface area contributed by atoms with Crippen molar-refractivity contribution >= 4 is 17.6 Å². The van der Waals surface area contributed by atoms with Crippen molar-refractivity contribution in [2.45, 2.75) is 0 Å². The third-order valence-electron chi connectivity index (χ3n) is 2.68. The molecule has 0 atom stereocenters. The van der Waals surface area contributed by atoms with Gasteiger partial charge in [0.1, 0.15) is 0 Å². The third-order valence-corrected chi connectivity index (χ3v) is 2.99. The molecule has 0 fully saturated rings. The van der Waals surface area contributed by atoms with Crippen molar-refractivity contribution < 1.29 is 19.0 Å². The summed E-state index contributed by atoms with van der Waals surface area (Å²) < 4.78 is 18.4. The Morgan fingerprint density at radius 1 is 1.26 bits per heavy atom. The lowest BCUT2D eigenvalue weighted by molar-refractivity contribution is 0.0697. The van der Waals surface area contributed by atoms with Gasteiger partial charge in [-0.2, -0.15) is 0 Å². The highest BCUT2D eigenvalue weighted by Crippen LogP contribution is 2.31. The van der Waals surface area contributed by atoms with Crippen LogP contribution < -0.4 is 4.74 Å². The summed E-state index contributed by atoms with van der Waals surface area (Å²) in [6.45, 7) is 0. The minimum absolute atomic E-state index is 0.0859. The number of benzene rings is 2. The van der Waals surface area contributed by atoms with Crippen LogP contribution in [-0.4, -0.2) is 18.2 Å². The molecule has 5 heteroatoms. The van der Waals surface area contributed by atoms with Gasteiger partial charge in [0.05, 0.1) is 12.7 Å². The van der Waals surface area contributed by atoms with E-state index in [-0.39, 0.29) is 16.3 Å². The van der Waals surface area contributed by atoms with Gasteiger partial charge in [-0.15, -0.1) is 0 Å². The molecule has 0 aliphatic carbocycles. The van der Waals surface area contributed by atoms with Gasteiger partial charge in [0.25, 0.3) is 0 Å². The lowest BCUT2D eigenvalue weighted by atomic mass is 10.0. The van der Waals surface area contributed by atoms with Crippen LogP contribution in [0, 0.1) is 5.82 Å². The second-order valence-electron chi connectivity index (χ2n) is 3.85. The maximum Gasteiger partial charge on any atom is 0.335 e. The fourth-order valence-corrected chi connectivity index (χ4v) is 2.01. The van der Waals surface area contributed by atoms with Crippen LogP contribution in [0.25, 0.3) is 11.1 Å². The van der Waals surface area contributed by atoms with Crippen LogP contribution in [-0.2, 0) is 0 Å². The molecule has 3 nitrogen and oxygen atoms in total. The Hall–Kier alpha value is -2.07. The Morgan fingerprint density at radius 2 is 2.00 bits per heavy atom. The van der Waals surface area contributed by atoms with Gasteiger partial charge in [-0.3, -0.25) is 0 Å². The second-order valence-corrected chi connectivity index (χ2v) is 4.26. The van der Waals surface area contributed by atoms with Gasteiger partial charge in [-0.1, -0.05) is 23.7 Å². The van der Waals surface area contributed by atoms with Crippen LogP contribution in [0.2, 0.25) is 5.02 Å². The van der Waals surface area contributed by atoms with Gasteiger partial charge < -0.3 is 9.84 Å². The van der Waals surface area contributed by atoms with E-state index >= 15 is 0 Å².